The van der Waals surface area contributed by atoms with Crippen molar-refractivity contribution in [3.8, 4) is 23.7 Å². The zero-order chi connectivity index (χ0) is 23.9. The van der Waals surface area contributed by atoms with E-state index in [1.54, 1.807) is 12.1 Å². The molecule has 1 heterocycles. The van der Waals surface area contributed by atoms with Crippen LogP contribution in [0.15, 0.2) is 72.8 Å². The number of nitro groups is 1. The Balaban J connectivity index is 0.00000342. The summed E-state index contributed by atoms with van der Waals surface area (Å²) in [5, 5.41) is 10.7. The Labute approximate surface area is 233 Å². The van der Waals surface area contributed by atoms with Crippen molar-refractivity contribution in [2.75, 3.05) is 13.1 Å². The van der Waals surface area contributed by atoms with Crippen LogP contribution in [-0.2, 0) is 47.6 Å². The minimum Gasteiger partial charge on any atom is -0.800 e. The average Bonchev–Trinajstić information content (AvgIpc) is 2.87. The first-order valence-electron chi connectivity index (χ1n) is 11.0. The summed E-state index contributed by atoms with van der Waals surface area (Å²) in [5.74, 6) is 13.1. The van der Waals surface area contributed by atoms with Crippen LogP contribution in [0, 0.1) is 33.8 Å². The van der Waals surface area contributed by atoms with E-state index in [0.29, 0.717) is 5.92 Å². The summed E-state index contributed by atoms with van der Waals surface area (Å²) < 4.78 is -0.199. The maximum Gasteiger partial charge on any atom is 0.269 e. The molecule has 4 rings (SSSR count). The summed E-state index contributed by atoms with van der Waals surface area (Å²) in [6.07, 6.45) is 2.18. The van der Waals surface area contributed by atoms with Crippen LogP contribution in [0.4, 0.5) is 5.69 Å². The minimum absolute atomic E-state index is 0. The maximum atomic E-state index is 10.7. The molecule has 0 saturated carbocycles. The molecule has 1 fully saturated rings. The van der Waals surface area contributed by atoms with E-state index in [-0.39, 0.29) is 32.8 Å². The third-order valence-electron chi connectivity index (χ3n) is 5.88. The monoisotopic (exact) mass is 679 g/mol. The molecule has 0 amide bonds. The fourth-order valence-corrected chi connectivity index (χ4v) is 4.30. The molecule has 7 heteroatoms. The Morgan fingerprint density at radius 1 is 0.743 bits per heavy atom. The number of rotatable bonds is 3. The second-order valence-corrected chi connectivity index (χ2v) is 9.31. The quantitative estimate of drug-likeness (QED) is 0.129. The Hall–Kier alpha value is -2.42. The first-order valence-corrected chi connectivity index (χ1v) is 12.0. The SMILES string of the molecule is O=[N+]([O-])c1ccc(C#Cc2ccc(C#Cc3ccc(C4CCN(C([S-])[S-])CC4)cc3)cc2)cc1.[Au]. The van der Waals surface area contributed by atoms with Gasteiger partial charge in [0.05, 0.1) is 4.92 Å². The number of nitro benzene ring substituents is 1. The van der Waals surface area contributed by atoms with Gasteiger partial charge in [-0.1, -0.05) is 35.8 Å². The largest absolute Gasteiger partial charge is 0.800 e. The number of benzene rings is 3. The van der Waals surface area contributed by atoms with Gasteiger partial charge in [0.25, 0.3) is 5.69 Å². The van der Waals surface area contributed by atoms with Crippen LogP contribution >= 0.6 is 0 Å². The molecule has 1 radical (unpaired) electrons. The number of likely N-dealkylation sites (tertiary alicyclic amines) is 1. The Morgan fingerprint density at radius 3 is 1.49 bits per heavy atom. The summed E-state index contributed by atoms with van der Waals surface area (Å²) in [6.45, 7) is 1.94. The van der Waals surface area contributed by atoms with E-state index in [1.807, 2.05) is 24.3 Å². The van der Waals surface area contributed by atoms with E-state index in [9.17, 15) is 10.1 Å². The van der Waals surface area contributed by atoms with E-state index in [2.05, 4.69) is 52.8 Å². The third-order valence-corrected chi connectivity index (χ3v) is 6.47. The topological polar surface area (TPSA) is 46.4 Å². The van der Waals surface area contributed by atoms with Crippen molar-refractivity contribution in [2.24, 2.45) is 0 Å². The van der Waals surface area contributed by atoms with Gasteiger partial charge in [0.2, 0.25) is 0 Å². The number of piperidine rings is 1. The predicted octanol–water partition coefficient (Wildman–Crippen LogP) is 4.95. The molecule has 0 unspecified atom stereocenters. The average molecular weight is 680 g/mol. The van der Waals surface area contributed by atoms with Gasteiger partial charge < -0.3 is 30.2 Å². The Bertz CT molecular complexity index is 1260. The zero-order valence-electron chi connectivity index (χ0n) is 18.7. The van der Waals surface area contributed by atoms with Crippen molar-refractivity contribution in [3.05, 3.63) is 111 Å². The summed E-state index contributed by atoms with van der Waals surface area (Å²) in [6, 6.07) is 22.5. The Kier molecular flexibility index (Phi) is 10.1. The molecule has 0 bridgehead atoms. The van der Waals surface area contributed by atoms with Crippen LogP contribution in [0.1, 0.15) is 46.6 Å². The minimum atomic E-state index is -0.421. The first-order chi connectivity index (χ1) is 16.5. The molecule has 0 N–H and O–H groups in total. The smallest absolute Gasteiger partial charge is 0.269 e. The van der Waals surface area contributed by atoms with Crippen molar-refractivity contribution >= 4 is 30.9 Å². The van der Waals surface area contributed by atoms with Crippen LogP contribution in [0.3, 0.4) is 0 Å². The van der Waals surface area contributed by atoms with E-state index in [4.69, 9.17) is 25.3 Å². The zero-order valence-corrected chi connectivity index (χ0v) is 22.5. The van der Waals surface area contributed by atoms with Gasteiger partial charge in [0.15, 0.2) is 0 Å². The predicted molar refractivity (Wildman–Crippen MR) is 140 cm³/mol. The molecular formula is C28H22AuN2O2S2-2. The molecule has 35 heavy (non-hydrogen) atoms. The van der Waals surface area contributed by atoms with Crippen LogP contribution in [0.2, 0.25) is 0 Å². The van der Waals surface area contributed by atoms with Gasteiger partial charge in [-0.15, -0.1) is 0 Å². The summed E-state index contributed by atoms with van der Waals surface area (Å²) in [7, 11) is 0. The fourth-order valence-electron chi connectivity index (χ4n) is 3.87. The second-order valence-electron chi connectivity index (χ2n) is 8.12. The molecule has 3 aromatic carbocycles. The third kappa shape index (κ3) is 7.78. The molecule has 3 aromatic rings. The summed E-state index contributed by atoms with van der Waals surface area (Å²) in [4.78, 5) is 12.5. The van der Waals surface area contributed by atoms with Gasteiger partial charge in [0, 0.05) is 56.8 Å². The molecule has 0 atom stereocenters. The molecule has 0 aromatic heterocycles. The maximum absolute atomic E-state index is 10.7. The molecule has 1 aliphatic heterocycles. The van der Waals surface area contributed by atoms with Crippen molar-refractivity contribution in [1.82, 2.24) is 4.90 Å². The molecule has 1 aliphatic rings. The van der Waals surface area contributed by atoms with Gasteiger partial charge in [-0.25, -0.2) is 4.71 Å². The van der Waals surface area contributed by atoms with E-state index < -0.39 is 4.92 Å². The normalized spacial score (nSPS) is 13.7. The van der Waals surface area contributed by atoms with E-state index in [0.717, 1.165) is 48.2 Å². The molecule has 0 aliphatic carbocycles. The van der Waals surface area contributed by atoms with E-state index in [1.165, 1.54) is 17.7 Å². The molecule has 0 spiro atoms. The number of hydrogen-bond donors (Lipinski definition) is 0. The van der Waals surface area contributed by atoms with Crippen LogP contribution in [-0.4, -0.2) is 27.6 Å². The van der Waals surface area contributed by atoms with Crippen LogP contribution in [0.25, 0.3) is 0 Å². The van der Waals surface area contributed by atoms with Gasteiger partial charge >= 0.3 is 0 Å². The van der Waals surface area contributed by atoms with Gasteiger partial charge in [0.1, 0.15) is 0 Å². The molecule has 181 valence electrons. The van der Waals surface area contributed by atoms with Gasteiger partial charge in [-0.05, 0) is 85.9 Å². The summed E-state index contributed by atoms with van der Waals surface area (Å²) in [5.41, 5.74) is 4.90. The second kappa shape index (κ2) is 13.0. The number of nitrogens with zero attached hydrogens (tertiary/aromatic N) is 2. The van der Waals surface area contributed by atoms with Gasteiger partial charge in [-0.3, -0.25) is 10.1 Å². The van der Waals surface area contributed by atoms with Crippen molar-refractivity contribution in [3.63, 3.8) is 0 Å². The van der Waals surface area contributed by atoms with Crippen LogP contribution in [0.5, 0.6) is 0 Å². The summed E-state index contributed by atoms with van der Waals surface area (Å²) >= 11 is 10.4. The number of non-ortho nitro benzene ring substituents is 1. The van der Waals surface area contributed by atoms with Crippen molar-refractivity contribution < 1.29 is 27.3 Å². The van der Waals surface area contributed by atoms with Crippen LogP contribution < -0.4 is 0 Å². The van der Waals surface area contributed by atoms with Crippen molar-refractivity contribution in [2.45, 2.75) is 23.5 Å². The molecule has 4 nitrogen and oxygen atoms in total. The fraction of sp³-hybridized carbons (Fsp3) is 0.214. The van der Waals surface area contributed by atoms with E-state index >= 15 is 0 Å². The number of hydrogen-bond acceptors (Lipinski definition) is 5. The molecule has 1 saturated heterocycles. The first kappa shape index (κ1) is 27.2. The Morgan fingerprint density at radius 2 is 1.11 bits per heavy atom. The standard InChI is InChI=1S/C28H24N2O2S2.Au/c31-30(32)27-15-11-24(12-16-27)8-6-22-3-1-21(2-4-22)5-7-23-9-13-25(14-10-23)26-17-19-29(20-18-26)28(33)34;/h1-4,9-16,26,28,33-34H,17-20H2;/p-2. The van der Waals surface area contributed by atoms with Crippen molar-refractivity contribution in [1.29, 1.82) is 0 Å². The molecular weight excluding hydrogens is 657 g/mol. The van der Waals surface area contributed by atoms with Gasteiger partial charge in [-0.2, -0.15) is 0 Å².